The lowest BCUT2D eigenvalue weighted by atomic mass is 10.2. The van der Waals surface area contributed by atoms with E-state index in [1.807, 2.05) is 22.6 Å². The Bertz CT molecular complexity index is 296. The predicted molar refractivity (Wildman–Crippen MR) is 45.6 cm³/mol. The highest BCUT2D eigenvalue weighted by molar-refractivity contribution is 14.1. The van der Waals surface area contributed by atoms with Crippen LogP contribution in [0.3, 0.4) is 0 Å². The van der Waals surface area contributed by atoms with E-state index in [2.05, 4.69) is 0 Å². The number of carboxylic acid groups (broad SMARTS) is 1. The van der Waals surface area contributed by atoms with Gasteiger partial charge in [-0.25, -0.2) is 4.79 Å². The smallest absolute Gasteiger partial charge is 0.335 e. The SMILES string of the molecule is O=C(O)c1ccc(I)c([O-])c1. The third-order valence-electron chi connectivity index (χ3n) is 1.18. The van der Waals surface area contributed by atoms with Crippen molar-refractivity contribution in [3.05, 3.63) is 27.3 Å². The van der Waals surface area contributed by atoms with Crippen LogP contribution < -0.4 is 5.11 Å². The van der Waals surface area contributed by atoms with Gasteiger partial charge in [-0.05, 0) is 34.7 Å². The number of carbonyl (C=O) groups is 1. The van der Waals surface area contributed by atoms with Crippen LogP contribution in [0, 0.1) is 3.57 Å². The molecule has 0 aliphatic heterocycles. The van der Waals surface area contributed by atoms with Gasteiger partial charge in [0.1, 0.15) is 0 Å². The second kappa shape index (κ2) is 3.08. The third kappa shape index (κ3) is 1.83. The molecule has 0 amide bonds. The molecular weight excluding hydrogens is 259 g/mol. The summed E-state index contributed by atoms with van der Waals surface area (Å²) in [5, 5.41) is 19.3. The number of hydrogen-bond donors (Lipinski definition) is 1. The minimum atomic E-state index is -1.07. The number of rotatable bonds is 1. The Balaban J connectivity index is 3.15. The standard InChI is InChI=1S/C7H5IO3/c8-5-2-1-4(7(10)11)3-6(5)9/h1-3,9H,(H,10,11)/p-1. The van der Waals surface area contributed by atoms with E-state index in [0.29, 0.717) is 3.57 Å². The van der Waals surface area contributed by atoms with Crippen molar-refractivity contribution in [3.63, 3.8) is 0 Å². The molecule has 0 radical (unpaired) electrons. The first-order chi connectivity index (χ1) is 5.11. The summed E-state index contributed by atoms with van der Waals surface area (Å²) in [6.07, 6.45) is 0. The van der Waals surface area contributed by atoms with Crippen LogP contribution >= 0.6 is 22.6 Å². The van der Waals surface area contributed by atoms with Crippen molar-refractivity contribution in [2.75, 3.05) is 0 Å². The monoisotopic (exact) mass is 263 g/mol. The number of halogens is 1. The molecule has 0 bridgehead atoms. The Kier molecular flexibility index (Phi) is 2.33. The summed E-state index contributed by atoms with van der Waals surface area (Å²) in [6.45, 7) is 0. The molecule has 0 aliphatic rings. The van der Waals surface area contributed by atoms with Crippen LogP contribution in [0.1, 0.15) is 10.4 Å². The van der Waals surface area contributed by atoms with Gasteiger partial charge < -0.3 is 10.2 Å². The fourth-order valence-corrected chi connectivity index (χ4v) is 0.972. The molecule has 0 saturated carbocycles. The van der Waals surface area contributed by atoms with Crippen LogP contribution in [-0.4, -0.2) is 11.1 Å². The zero-order chi connectivity index (χ0) is 8.43. The summed E-state index contributed by atoms with van der Waals surface area (Å²) in [7, 11) is 0. The largest absolute Gasteiger partial charge is 0.872 e. The van der Waals surface area contributed by atoms with Crippen LogP contribution in [0.15, 0.2) is 18.2 Å². The maximum atomic E-state index is 10.9. The lowest BCUT2D eigenvalue weighted by Crippen LogP contribution is -2.00. The molecule has 0 aliphatic carbocycles. The number of benzene rings is 1. The zero-order valence-corrected chi connectivity index (χ0v) is 7.53. The molecule has 1 aromatic rings. The summed E-state index contributed by atoms with van der Waals surface area (Å²) in [5.41, 5.74) is 0.0374. The summed E-state index contributed by atoms with van der Waals surface area (Å²) >= 11 is 1.86. The molecule has 0 saturated heterocycles. The van der Waals surface area contributed by atoms with Gasteiger partial charge >= 0.3 is 5.97 Å². The quantitative estimate of drug-likeness (QED) is 0.771. The molecule has 0 atom stereocenters. The van der Waals surface area contributed by atoms with Crippen LogP contribution in [0.2, 0.25) is 0 Å². The van der Waals surface area contributed by atoms with Crippen LogP contribution in [0.25, 0.3) is 0 Å². The first kappa shape index (κ1) is 8.32. The van der Waals surface area contributed by atoms with Crippen molar-refractivity contribution in [3.8, 4) is 5.75 Å². The summed E-state index contributed by atoms with van der Waals surface area (Å²) in [5.74, 6) is -1.32. The minimum absolute atomic E-state index is 0.0374. The van der Waals surface area contributed by atoms with Crippen molar-refractivity contribution >= 4 is 28.6 Å². The first-order valence-electron chi connectivity index (χ1n) is 2.81. The fraction of sp³-hybridized carbons (Fsp3) is 0. The Morgan fingerprint density at radius 3 is 2.64 bits per heavy atom. The van der Waals surface area contributed by atoms with Crippen molar-refractivity contribution < 1.29 is 15.0 Å². The van der Waals surface area contributed by atoms with E-state index in [1.165, 1.54) is 12.1 Å². The Hall–Kier alpha value is -0.780. The normalized spacial score (nSPS) is 9.55. The molecule has 1 aromatic carbocycles. The molecule has 0 heterocycles. The lowest BCUT2D eigenvalue weighted by Gasteiger charge is -2.07. The van der Waals surface area contributed by atoms with Gasteiger partial charge in [-0.15, -0.1) is 0 Å². The van der Waals surface area contributed by atoms with E-state index < -0.39 is 5.97 Å². The molecule has 0 fully saturated rings. The van der Waals surface area contributed by atoms with E-state index in [9.17, 15) is 9.90 Å². The van der Waals surface area contributed by atoms with Gasteiger partial charge in [0.15, 0.2) is 0 Å². The van der Waals surface area contributed by atoms with Gasteiger partial charge in [0.2, 0.25) is 0 Å². The Morgan fingerprint density at radius 1 is 1.55 bits per heavy atom. The molecule has 0 aromatic heterocycles. The molecule has 4 heteroatoms. The molecule has 11 heavy (non-hydrogen) atoms. The van der Waals surface area contributed by atoms with Crippen molar-refractivity contribution in [1.82, 2.24) is 0 Å². The van der Waals surface area contributed by atoms with E-state index in [0.717, 1.165) is 6.07 Å². The van der Waals surface area contributed by atoms with Gasteiger partial charge in [-0.1, -0.05) is 11.8 Å². The zero-order valence-electron chi connectivity index (χ0n) is 5.37. The Morgan fingerprint density at radius 2 is 2.18 bits per heavy atom. The summed E-state index contributed by atoms with van der Waals surface area (Å²) in [6, 6.07) is 4.02. The van der Waals surface area contributed by atoms with Crippen molar-refractivity contribution in [2.45, 2.75) is 0 Å². The van der Waals surface area contributed by atoms with Crippen molar-refractivity contribution in [2.24, 2.45) is 0 Å². The average Bonchev–Trinajstić information content (AvgIpc) is 1.94. The minimum Gasteiger partial charge on any atom is -0.872 e. The third-order valence-corrected chi connectivity index (χ3v) is 2.07. The van der Waals surface area contributed by atoms with Gasteiger partial charge in [-0.3, -0.25) is 0 Å². The highest BCUT2D eigenvalue weighted by atomic mass is 127. The second-order valence-corrected chi connectivity index (χ2v) is 3.11. The maximum absolute atomic E-state index is 10.9. The number of aromatic carboxylic acids is 1. The average molecular weight is 263 g/mol. The molecule has 1 N–H and O–H groups in total. The van der Waals surface area contributed by atoms with E-state index >= 15 is 0 Å². The molecular formula is C7H4IO3-. The topological polar surface area (TPSA) is 60.4 Å². The van der Waals surface area contributed by atoms with E-state index in [1.54, 1.807) is 0 Å². The molecule has 58 valence electrons. The molecule has 3 nitrogen and oxygen atoms in total. The highest BCUT2D eigenvalue weighted by Gasteiger charge is 2.00. The first-order valence-corrected chi connectivity index (χ1v) is 3.89. The van der Waals surface area contributed by atoms with E-state index in [-0.39, 0.29) is 11.3 Å². The summed E-state index contributed by atoms with van der Waals surface area (Å²) < 4.78 is 0.535. The van der Waals surface area contributed by atoms with Gasteiger partial charge in [0.25, 0.3) is 0 Å². The Labute approximate surface area is 76.8 Å². The predicted octanol–water partition coefficient (Wildman–Crippen LogP) is 1.06. The fourth-order valence-electron chi connectivity index (χ4n) is 0.636. The molecule has 0 spiro atoms. The van der Waals surface area contributed by atoms with Crippen LogP contribution in [0.4, 0.5) is 0 Å². The van der Waals surface area contributed by atoms with Crippen molar-refractivity contribution in [1.29, 1.82) is 0 Å². The van der Waals surface area contributed by atoms with Gasteiger partial charge in [0.05, 0.1) is 5.56 Å². The number of hydrogen-bond acceptors (Lipinski definition) is 2. The van der Waals surface area contributed by atoms with E-state index in [4.69, 9.17) is 5.11 Å². The lowest BCUT2D eigenvalue weighted by molar-refractivity contribution is -0.269. The van der Waals surface area contributed by atoms with Crippen LogP contribution in [-0.2, 0) is 0 Å². The second-order valence-electron chi connectivity index (χ2n) is 1.95. The van der Waals surface area contributed by atoms with Gasteiger partial charge in [-0.2, -0.15) is 0 Å². The highest BCUT2D eigenvalue weighted by Crippen LogP contribution is 2.17. The summed E-state index contributed by atoms with van der Waals surface area (Å²) in [4.78, 5) is 10.3. The molecule has 1 rings (SSSR count). The maximum Gasteiger partial charge on any atom is 0.335 e. The van der Waals surface area contributed by atoms with Crippen LogP contribution in [0.5, 0.6) is 5.75 Å². The number of carboxylic acids is 1. The van der Waals surface area contributed by atoms with Gasteiger partial charge in [0, 0.05) is 3.57 Å². The molecule has 0 unspecified atom stereocenters.